The van der Waals surface area contributed by atoms with Gasteiger partial charge in [0.25, 0.3) is 0 Å². The van der Waals surface area contributed by atoms with Gasteiger partial charge in [-0.15, -0.1) is 0 Å². The van der Waals surface area contributed by atoms with Gasteiger partial charge in [0.2, 0.25) is 0 Å². The molecule has 1 saturated heterocycles. The van der Waals surface area contributed by atoms with E-state index in [0.29, 0.717) is 11.4 Å². The summed E-state index contributed by atoms with van der Waals surface area (Å²) < 4.78 is 53.2. The van der Waals surface area contributed by atoms with Crippen LogP contribution < -0.4 is 5.59 Å². The Labute approximate surface area is 145 Å². The first kappa shape index (κ1) is 18.0. The maximum Gasteiger partial charge on any atom is 0.516 e. The molecule has 0 N–H and O–H groups in total. The topological polar surface area (TPSA) is 36.3 Å². The van der Waals surface area contributed by atoms with Crippen LogP contribution >= 0.6 is 0 Å². The number of aryl methyl sites for hydroxylation is 1. The number of halogens is 3. The standard InChI is InChI=1S/C17H20BF3N2O2/c1-11-22-14(18-24-15(2,3)16(4,5)25-18)10-23(11)13-9-7-6-8-12(13)17(19,20)21/h6-10H,1-5H3. The van der Waals surface area contributed by atoms with Gasteiger partial charge in [0.15, 0.2) is 0 Å². The van der Waals surface area contributed by atoms with E-state index in [-0.39, 0.29) is 5.69 Å². The van der Waals surface area contributed by atoms with E-state index < -0.39 is 30.1 Å². The van der Waals surface area contributed by atoms with Gasteiger partial charge in [-0.1, -0.05) is 12.1 Å². The number of imidazole rings is 1. The van der Waals surface area contributed by atoms with Crippen molar-refractivity contribution in [2.75, 3.05) is 0 Å². The molecular formula is C17H20BF3N2O2. The highest BCUT2D eigenvalue weighted by molar-refractivity contribution is 6.61. The van der Waals surface area contributed by atoms with Crippen molar-refractivity contribution in [1.82, 2.24) is 9.55 Å². The van der Waals surface area contributed by atoms with Gasteiger partial charge in [-0.3, -0.25) is 0 Å². The van der Waals surface area contributed by atoms with Crippen LogP contribution in [0, 0.1) is 6.92 Å². The second kappa shape index (κ2) is 5.61. The van der Waals surface area contributed by atoms with Crippen molar-refractivity contribution < 1.29 is 22.5 Å². The summed E-state index contributed by atoms with van der Waals surface area (Å²) in [4.78, 5) is 4.37. The molecule has 3 rings (SSSR count). The third-order valence-corrected chi connectivity index (χ3v) is 4.86. The predicted molar refractivity (Wildman–Crippen MR) is 89.0 cm³/mol. The van der Waals surface area contributed by atoms with Crippen molar-refractivity contribution in [2.45, 2.75) is 52.0 Å². The summed E-state index contributed by atoms with van der Waals surface area (Å²) in [5.41, 5.74) is -1.31. The van der Waals surface area contributed by atoms with Gasteiger partial charge in [-0.25, -0.2) is 4.98 Å². The zero-order valence-corrected chi connectivity index (χ0v) is 14.8. The molecule has 8 heteroatoms. The maximum atomic E-state index is 13.3. The molecule has 134 valence electrons. The van der Waals surface area contributed by atoms with Gasteiger partial charge >= 0.3 is 13.3 Å². The number of nitrogens with zero attached hydrogens (tertiary/aromatic N) is 2. The van der Waals surface area contributed by atoms with Crippen LogP contribution in [0.1, 0.15) is 39.1 Å². The van der Waals surface area contributed by atoms with E-state index >= 15 is 0 Å². The summed E-state index contributed by atoms with van der Waals surface area (Å²) in [5.74, 6) is 0.432. The van der Waals surface area contributed by atoms with E-state index in [0.717, 1.165) is 6.07 Å². The van der Waals surface area contributed by atoms with Crippen molar-refractivity contribution in [3.05, 3.63) is 41.9 Å². The van der Waals surface area contributed by atoms with Crippen molar-refractivity contribution in [2.24, 2.45) is 0 Å². The number of benzene rings is 1. The van der Waals surface area contributed by atoms with Gasteiger partial charge in [0, 0.05) is 6.20 Å². The van der Waals surface area contributed by atoms with Crippen LogP contribution in [-0.4, -0.2) is 27.9 Å². The van der Waals surface area contributed by atoms with Gasteiger partial charge in [-0.2, -0.15) is 13.2 Å². The van der Waals surface area contributed by atoms with Gasteiger partial charge in [0.1, 0.15) is 5.82 Å². The third-order valence-electron chi connectivity index (χ3n) is 4.86. The second-order valence-electron chi connectivity index (χ2n) is 7.19. The fourth-order valence-electron chi connectivity index (χ4n) is 2.74. The molecule has 1 aliphatic heterocycles. The minimum atomic E-state index is -4.45. The molecule has 1 fully saturated rings. The van der Waals surface area contributed by atoms with Crippen LogP contribution in [-0.2, 0) is 15.5 Å². The molecule has 25 heavy (non-hydrogen) atoms. The molecule has 0 bridgehead atoms. The summed E-state index contributed by atoms with van der Waals surface area (Å²) in [6, 6.07) is 5.42. The molecule has 1 aromatic heterocycles. The summed E-state index contributed by atoms with van der Waals surface area (Å²) in [7, 11) is -0.719. The van der Waals surface area contributed by atoms with E-state index in [1.807, 2.05) is 27.7 Å². The van der Waals surface area contributed by atoms with E-state index in [1.54, 1.807) is 19.2 Å². The molecule has 4 nitrogen and oxygen atoms in total. The largest absolute Gasteiger partial charge is 0.516 e. The van der Waals surface area contributed by atoms with Gasteiger partial charge in [-0.05, 0) is 46.8 Å². The van der Waals surface area contributed by atoms with Crippen LogP contribution in [0.15, 0.2) is 30.5 Å². The van der Waals surface area contributed by atoms with E-state index in [2.05, 4.69) is 4.98 Å². The minimum absolute atomic E-state index is 0.0303. The van der Waals surface area contributed by atoms with Crippen molar-refractivity contribution in [3.63, 3.8) is 0 Å². The average molecular weight is 352 g/mol. The molecule has 0 aliphatic carbocycles. The second-order valence-corrected chi connectivity index (χ2v) is 7.19. The SMILES string of the molecule is Cc1nc(B2OC(C)(C)C(C)(C)O2)cn1-c1ccccc1C(F)(F)F. The Hall–Kier alpha value is -1.80. The molecule has 1 aliphatic rings. The molecule has 0 unspecified atom stereocenters. The lowest BCUT2D eigenvalue weighted by molar-refractivity contribution is -0.137. The Bertz CT molecular complexity index is 783. The monoisotopic (exact) mass is 352 g/mol. The molecule has 0 radical (unpaired) electrons. The van der Waals surface area contributed by atoms with E-state index in [9.17, 15) is 13.2 Å². The first-order valence-corrected chi connectivity index (χ1v) is 8.00. The van der Waals surface area contributed by atoms with Crippen molar-refractivity contribution >= 4 is 12.7 Å². The Morgan fingerprint density at radius 2 is 1.60 bits per heavy atom. The molecule has 2 heterocycles. The highest BCUT2D eigenvalue weighted by Crippen LogP contribution is 2.37. The fourth-order valence-corrected chi connectivity index (χ4v) is 2.74. The lowest BCUT2D eigenvalue weighted by atomic mass is 9.86. The third kappa shape index (κ3) is 3.09. The highest BCUT2D eigenvalue weighted by Gasteiger charge is 2.52. The molecular weight excluding hydrogens is 332 g/mol. The lowest BCUT2D eigenvalue weighted by Crippen LogP contribution is -2.41. The number of aromatic nitrogens is 2. The first-order valence-electron chi connectivity index (χ1n) is 8.00. The van der Waals surface area contributed by atoms with Crippen LogP contribution in [0.3, 0.4) is 0 Å². The van der Waals surface area contributed by atoms with Gasteiger partial charge in [0.05, 0.1) is 28.0 Å². The van der Waals surface area contributed by atoms with Crippen molar-refractivity contribution in [3.8, 4) is 5.69 Å². The molecule has 2 aromatic rings. The fraction of sp³-hybridized carbons (Fsp3) is 0.471. The van der Waals surface area contributed by atoms with Crippen LogP contribution in [0.2, 0.25) is 0 Å². The Morgan fingerprint density at radius 1 is 1.04 bits per heavy atom. The van der Waals surface area contributed by atoms with Crippen LogP contribution in [0.5, 0.6) is 0 Å². The maximum absolute atomic E-state index is 13.3. The number of rotatable bonds is 2. The van der Waals surface area contributed by atoms with Gasteiger partial charge < -0.3 is 13.9 Å². The molecule has 0 saturated carbocycles. The summed E-state index contributed by atoms with van der Waals surface area (Å²) in [6.07, 6.45) is -2.90. The normalized spacial score (nSPS) is 19.4. The summed E-state index contributed by atoms with van der Waals surface area (Å²) >= 11 is 0. The predicted octanol–water partition coefficient (Wildman–Crippen LogP) is 3.50. The minimum Gasteiger partial charge on any atom is -0.398 e. The smallest absolute Gasteiger partial charge is 0.398 e. The molecule has 0 atom stereocenters. The highest BCUT2D eigenvalue weighted by atomic mass is 19.4. The summed E-state index contributed by atoms with van der Waals surface area (Å²) in [6.45, 7) is 9.30. The number of alkyl halides is 3. The zero-order chi connectivity index (χ0) is 18.6. The lowest BCUT2D eigenvalue weighted by Gasteiger charge is -2.32. The Morgan fingerprint density at radius 3 is 2.16 bits per heavy atom. The molecule has 0 spiro atoms. The number of hydrogen-bond acceptors (Lipinski definition) is 3. The quantitative estimate of drug-likeness (QED) is 0.777. The van der Waals surface area contributed by atoms with E-state index in [4.69, 9.17) is 9.31 Å². The number of para-hydroxylation sites is 1. The van der Waals surface area contributed by atoms with Crippen LogP contribution in [0.25, 0.3) is 5.69 Å². The Kier molecular flexibility index (Phi) is 4.04. The summed E-state index contributed by atoms with van der Waals surface area (Å²) in [5, 5.41) is 0. The number of hydrogen-bond donors (Lipinski definition) is 0. The molecule has 1 aromatic carbocycles. The van der Waals surface area contributed by atoms with Crippen molar-refractivity contribution in [1.29, 1.82) is 0 Å². The van der Waals surface area contributed by atoms with Crippen LogP contribution in [0.4, 0.5) is 13.2 Å². The van der Waals surface area contributed by atoms with E-state index in [1.165, 1.54) is 16.7 Å². The zero-order valence-electron chi connectivity index (χ0n) is 14.8. The average Bonchev–Trinajstić information content (AvgIpc) is 2.96. The molecule has 0 amide bonds. The first-order chi connectivity index (χ1) is 11.4. The Balaban J connectivity index is 2.01.